The SMILES string of the molecule is CC(C)(C)c1cccc(Oc2c(N)cccc2C(N)=O)c1. The molecule has 0 radical (unpaired) electrons. The van der Waals surface area contributed by atoms with Crippen LogP contribution in [-0.4, -0.2) is 5.91 Å². The Morgan fingerprint density at radius 3 is 2.38 bits per heavy atom. The third-order valence-corrected chi connectivity index (χ3v) is 3.23. The molecule has 1 amide bonds. The van der Waals surface area contributed by atoms with E-state index < -0.39 is 5.91 Å². The minimum atomic E-state index is -0.565. The van der Waals surface area contributed by atoms with E-state index in [0.717, 1.165) is 5.56 Å². The Hall–Kier alpha value is -2.49. The minimum Gasteiger partial charge on any atom is -0.454 e. The topological polar surface area (TPSA) is 78.3 Å². The van der Waals surface area contributed by atoms with Gasteiger partial charge < -0.3 is 16.2 Å². The van der Waals surface area contributed by atoms with Gasteiger partial charge in [-0.2, -0.15) is 0 Å². The van der Waals surface area contributed by atoms with E-state index >= 15 is 0 Å². The molecule has 0 atom stereocenters. The fourth-order valence-corrected chi connectivity index (χ4v) is 2.01. The highest BCUT2D eigenvalue weighted by Gasteiger charge is 2.16. The second kappa shape index (κ2) is 5.48. The highest BCUT2D eigenvalue weighted by molar-refractivity contribution is 5.97. The van der Waals surface area contributed by atoms with Crippen LogP contribution in [0.15, 0.2) is 42.5 Å². The van der Waals surface area contributed by atoms with Gasteiger partial charge in [0.1, 0.15) is 5.75 Å². The van der Waals surface area contributed by atoms with Gasteiger partial charge in [-0.3, -0.25) is 4.79 Å². The number of nitrogens with two attached hydrogens (primary N) is 2. The maximum Gasteiger partial charge on any atom is 0.252 e. The number of amides is 1. The largest absolute Gasteiger partial charge is 0.454 e. The van der Waals surface area contributed by atoms with Crippen molar-refractivity contribution >= 4 is 11.6 Å². The van der Waals surface area contributed by atoms with Gasteiger partial charge in [-0.25, -0.2) is 0 Å². The van der Waals surface area contributed by atoms with Crippen molar-refractivity contribution in [1.29, 1.82) is 0 Å². The number of benzene rings is 2. The number of carbonyl (C=O) groups is 1. The van der Waals surface area contributed by atoms with Crippen LogP contribution in [0.25, 0.3) is 0 Å². The van der Waals surface area contributed by atoms with Gasteiger partial charge in [-0.05, 0) is 35.2 Å². The first-order valence-corrected chi connectivity index (χ1v) is 6.76. The Labute approximate surface area is 124 Å². The van der Waals surface area contributed by atoms with Crippen LogP contribution >= 0.6 is 0 Å². The zero-order chi connectivity index (χ0) is 15.6. The lowest BCUT2D eigenvalue weighted by molar-refractivity contribution is 0.0998. The lowest BCUT2D eigenvalue weighted by Gasteiger charge is -2.20. The maximum atomic E-state index is 11.5. The molecule has 0 heterocycles. The van der Waals surface area contributed by atoms with Crippen LogP contribution in [0, 0.1) is 0 Å². The molecule has 0 unspecified atom stereocenters. The third kappa shape index (κ3) is 3.34. The zero-order valence-corrected chi connectivity index (χ0v) is 12.5. The van der Waals surface area contributed by atoms with E-state index in [1.54, 1.807) is 18.2 Å². The number of nitrogen functional groups attached to an aromatic ring is 1. The first kappa shape index (κ1) is 14.9. The lowest BCUT2D eigenvalue weighted by Crippen LogP contribution is -2.13. The molecule has 0 aromatic heterocycles. The molecule has 0 spiro atoms. The molecule has 0 saturated carbocycles. The first-order valence-electron chi connectivity index (χ1n) is 6.76. The lowest BCUT2D eigenvalue weighted by atomic mass is 9.87. The molecular weight excluding hydrogens is 264 g/mol. The third-order valence-electron chi connectivity index (χ3n) is 3.23. The normalized spacial score (nSPS) is 11.2. The highest BCUT2D eigenvalue weighted by Crippen LogP contribution is 2.33. The van der Waals surface area contributed by atoms with Gasteiger partial charge in [0.05, 0.1) is 11.3 Å². The van der Waals surface area contributed by atoms with Crippen LogP contribution in [0.5, 0.6) is 11.5 Å². The van der Waals surface area contributed by atoms with Crippen molar-refractivity contribution in [1.82, 2.24) is 0 Å². The van der Waals surface area contributed by atoms with Gasteiger partial charge >= 0.3 is 0 Å². The Kier molecular flexibility index (Phi) is 3.89. The summed E-state index contributed by atoms with van der Waals surface area (Å²) in [6.45, 7) is 6.37. The summed E-state index contributed by atoms with van der Waals surface area (Å²) in [5.74, 6) is 0.364. The summed E-state index contributed by atoms with van der Waals surface area (Å²) in [5, 5.41) is 0. The van der Waals surface area contributed by atoms with Crippen molar-refractivity contribution in [2.75, 3.05) is 5.73 Å². The fraction of sp³-hybridized carbons (Fsp3) is 0.235. The second-order valence-electron chi connectivity index (χ2n) is 5.97. The quantitative estimate of drug-likeness (QED) is 0.847. The molecular formula is C17H20N2O2. The highest BCUT2D eigenvalue weighted by atomic mass is 16.5. The summed E-state index contributed by atoms with van der Waals surface area (Å²) in [7, 11) is 0. The van der Waals surface area contributed by atoms with Crippen molar-refractivity contribution < 1.29 is 9.53 Å². The Bertz CT molecular complexity index is 673. The van der Waals surface area contributed by atoms with Crippen LogP contribution in [0.4, 0.5) is 5.69 Å². The average molecular weight is 284 g/mol. The number of primary amides is 1. The Balaban J connectivity index is 2.42. The number of para-hydroxylation sites is 1. The number of rotatable bonds is 3. The van der Waals surface area contributed by atoms with Crippen molar-refractivity contribution in [3.8, 4) is 11.5 Å². The first-order chi connectivity index (χ1) is 9.79. The molecule has 2 rings (SSSR count). The Morgan fingerprint density at radius 1 is 1.10 bits per heavy atom. The summed E-state index contributed by atoms with van der Waals surface area (Å²) < 4.78 is 5.81. The predicted molar refractivity (Wildman–Crippen MR) is 84.6 cm³/mol. The molecule has 110 valence electrons. The van der Waals surface area contributed by atoms with Gasteiger partial charge in [0, 0.05) is 0 Å². The minimum absolute atomic E-state index is 0.00805. The average Bonchev–Trinajstić information content (AvgIpc) is 2.40. The fourth-order valence-electron chi connectivity index (χ4n) is 2.01. The predicted octanol–water partition coefficient (Wildman–Crippen LogP) is 3.46. The molecule has 21 heavy (non-hydrogen) atoms. The number of hydrogen-bond acceptors (Lipinski definition) is 3. The van der Waals surface area contributed by atoms with Crippen LogP contribution in [0.2, 0.25) is 0 Å². The molecule has 0 aliphatic carbocycles. The van der Waals surface area contributed by atoms with Crippen LogP contribution in [0.1, 0.15) is 36.7 Å². The second-order valence-corrected chi connectivity index (χ2v) is 5.97. The maximum absolute atomic E-state index is 11.5. The molecule has 4 N–H and O–H groups in total. The summed E-state index contributed by atoms with van der Waals surface area (Å²) in [6.07, 6.45) is 0. The van der Waals surface area contributed by atoms with Gasteiger partial charge in [0.15, 0.2) is 5.75 Å². The summed E-state index contributed by atoms with van der Waals surface area (Å²) in [6, 6.07) is 12.7. The molecule has 0 bridgehead atoms. The van der Waals surface area contributed by atoms with Crippen molar-refractivity contribution in [2.24, 2.45) is 5.73 Å². The number of anilines is 1. The van der Waals surface area contributed by atoms with Gasteiger partial charge in [0.2, 0.25) is 0 Å². The van der Waals surface area contributed by atoms with E-state index in [0.29, 0.717) is 17.2 Å². The standard InChI is InChI=1S/C17H20N2O2/c1-17(2,3)11-6-4-7-12(10-11)21-15-13(16(19)20)8-5-9-14(15)18/h4-10H,18H2,1-3H3,(H2,19,20). The summed E-state index contributed by atoms with van der Waals surface area (Å²) >= 11 is 0. The molecule has 0 aliphatic heterocycles. The van der Waals surface area contributed by atoms with E-state index in [9.17, 15) is 4.79 Å². The van der Waals surface area contributed by atoms with Crippen LogP contribution in [0.3, 0.4) is 0 Å². The molecule has 4 nitrogen and oxygen atoms in total. The smallest absolute Gasteiger partial charge is 0.252 e. The van der Waals surface area contributed by atoms with E-state index in [1.165, 1.54) is 0 Å². The molecule has 2 aromatic rings. The molecule has 2 aromatic carbocycles. The van der Waals surface area contributed by atoms with Crippen molar-refractivity contribution in [3.05, 3.63) is 53.6 Å². The zero-order valence-electron chi connectivity index (χ0n) is 12.5. The van der Waals surface area contributed by atoms with Gasteiger partial charge in [0.25, 0.3) is 5.91 Å². The van der Waals surface area contributed by atoms with Gasteiger partial charge in [-0.1, -0.05) is 39.0 Å². The molecule has 0 fully saturated rings. The van der Waals surface area contributed by atoms with E-state index in [4.69, 9.17) is 16.2 Å². The van der Waals surface area contributed by atoms with Gasteiger partial charge in [-0.15, -0.1) is 0 Å². The molecule has 4 heteroatoms. The molecule has 0 saturated heterocycles. The van der Waals surface area contributed by atoms with Crippen molar-refractivity contribution in [2.45, 2.75) is 26.2 Å². The van der Waals surface area contributed by atoms with Crippen molar-refractivity contribution in [3.63, 3.8) is 0 Å². The van der Waals surface area contributed by atoms with Crippen LogP contribution < -0.4 is 16.2 Å². The summed E-state index contributed by atoms with van der Waals surface area (Å²) in [5.41, 5.74) is 13.1. The number of hydrogen-bond donors (Lipinski definition) is 2. The van der Waals surface area contributed by atoms with E-state index in [-0.39, 0.29) is 11.0 Å². The van der Waals surface area contributed by atoms with E-state index in [1.807, 2.05) is 24.3 Å². The summed E-state index contributed by atoms with van der Waals surface area (Å²) in [4.78, 5) is 11.5. The molecule has 0 aliphatic rings. The number of carbonyl (C=O) groups excluding carboxylic acids is 1. The number of ether oxygens (including phenoxy) is 1. The Morgan fingerprint density at radius 2 is 1.76 bits per heavy atom. The monoisotopic (exact) mass is 284 g/mol. The van der Waals surface area contributed by atoms with E-state index in [2.05, 4.69) is 20.8 Å². The van der Waals surface area contributed by atoms with Crippen LogP contribution in [-0.2, 0) is 5.41 Å².